The smallest absolute Gasteiger partial charge is 0.251 e. The molecule has 0 unspecified atom stereocenters. The van der Waals surface area contributed by atoms with E-state index < -0.39 is 0 Å². The minimum atomic E-state index is -0.362. The van der Waals surface area contributed by atoms with Crippen molar-refractivity contribution in [3.05, 3.63) is 75.9 Å². The van der Waals surface area contributed by atoms with E-state index in [1.807, 2.05) is 19.9 Å². The second-order valence-corrected chi connectivity index (χ2v) is 6.23. The van der Waals surface area contributed by atoms with Gasteiger partial charge in [0.1, 0.15) is 17.9 Å². The Balaban J connectivity index is 1.68. The van der Waals surface area contributed by atoms with Crippen LogP contribution in [0.1, 0.15) is 17.0 Å². The number of hydrogen-bond acceptors (Lipinski definition) is 5. The summed E-state index contributed by atoms with van der Waals surface area (Å²) in [7, 11) is 0. The maximum Gasteiger partial charge on any atom is 0.251 e. The van der Waals surface area contributed by atoms with Gasteiger partial charge in [-0.2, -0.15) is 4.98 Å². The summed E-state index contributed by atoms with van der Waals surface area (Å²) >= 11 is 0. The first-order valence-corrected chi connectivity index (χ1v) is 8.05. The molecule has 0 aliphatic carbocycles. The molecular formula is C19H15FN4O2. The van der Waals surface area contributed by atoms with Crippen molar-refractivity contribution in [2.45, 2.75) is 20.4 Å². The Kier molecular flexibility index (Phi) is 3.84. The van der Waals surface area contributed by atoms with Crippen LogP contribution < -0.4 is 5.56 Å². The molecule has 0 atom stereocenters. The fourth-order valence-electron chi connectivity index (χ4n) is 2.83. The van der Waals surface area contributed by atoms with Crippen LogP contribution in [0.4, 0.5) is 4.39 Å². The van der Waals surface area contributed by atoms with Gasteiger partial charge in [0.15, 0.2) is 0 Å². The number of nitrogens with zero attached hydrogens (tertiary/aromatic N) is 4. The van der Waals surface area contributed by atoms with Gasteiger partial charge in [-0.1, -0.05) is 11.2 Å². The molecular weight excluding hydrogens is 335 g/mol. The van der Waals surface area contributed by atoms with Crippen molar-refractivity contribution in [2.24, 2.45) is 0 Å². The number of aryl methyl sites for hydroxylation is 2. The molecule has 3 aromatic heterocycles. The van der Waals surface area contributed by atoms with E-state index in [4.69, 9.17) is 4.52 Å². The molecule has 0 amide bonds. The minimum Gasteiger partial charge on any atom is -0.337 e. The summed E-state index contributed by atoms with van der Waals surface area (Å²) < 4.78 is 20.7. The van der Waals surface area contributed by atoms with Crippen molar-refractivity contribution in [2.75, 3.05) is 0 Å². The van der Waals surface area contributed by atoms with Crippen molar-refractivity contribution < 1.29 is 8.91 Å². The normalized spacial score (nSPS) is 11.2. The topological polar surface area (TPSA) is 73.8 Å². The lowest BCUT2D eigenvalue weighted by Crippen LogP contribution is -2.19. The highest BCUT2D eigenvalue weighted by molar-refractivity contribution is 5.83. The summed E-state index contributed by atoms with van der Waals surface area (Å²) in [6, 6.07) is 8.31. The molecule has 0 fully saturated rings. The highest BCUT2D eigenvalue weighted by atomic mass is 19.1. The number of pyridine rings is 2. The molecule has 0 radical (unpaired) electrons. The molecule has 6 nitrogen and oxygen atoms in total. The van der Waals surface area contributed by atoms with Gasteiger partial charge in [0.05, 0.1) is 0 Å². The van der Waals surface area contributed by atoms with Crippen LogP contribution in [0.25, 0.3) is 22.3 Å². The van der Waals surface area contributed by atoms with Crippen molar-refractivity contribution in [1.82, 2.24) is 19.7 Å². The van der Waals surface area contributed by atoms with Crippen molar-refractivity contribution in [3.63, 3.8) is 0 Å². The first kappa shape index (κ1) is 16.1. The van der Waals surface area contributed by atoms with Crippen molar-refractivity contribution in [1.29, 1.82) is 0 Å². The highest BCUT2D eigenvalue weighted by Crippen LogP contribution is 2.23. The Morgan fingerprint density at radius 3 is 2.85 bits per heavy atom. The zero-order chi connectivity index (χ0) is 18.3. The molecule has 0 saturated carbocycles. The van der Waals surface area contributed by atoms with E-state index in [-0.39, 0.29) is 17.9 Å². The molecule has 0 spiro atoms. The Morgan fingerprint density at radius 2 is 2.00 bits per heavy atom. The van der Waals surface area contributed by atoms with Gasteiger partial charge >= 0.3 is 0 Å². The number of fused-ring (bicyclic) bond motifs is 1. The predicted octanol–water partition coefficient (Wildman–Crippen LogP) is 3.25. The third-order valence-electron chi connectivity index (χ3n) is 4.04. The third-order valence-corrected chi connectivity index (χ3v) is 4.04. The maximum atomic E-state index is 14.0. The van der Waals surface area contributed by atoms with Crippen LogP contribution in [-0.2, 0) is 6.54 Å². The van der Waals surface area contributed by atoms with Crippen LogP contribution >= 0.6 is 0 Å². The van der Waals surface area contributed by atoms with Gasteiger partial charge in [-0.05, 0) is 43.2 Å². The molecule has 0 aliphatic rings. The van der Waals surface area contributed by atoms with Gasteiger partial charge in [0, 0.05) is 29.4 Å². The van der Waals surface area contributed by atoms with Crippen LogP contribution in [0.2, 0.25) is 0 Å². The molecule has 130 valence electrons. The van der Waals surface area contributed by atoms with Crippen LogP contribution in [0.5, 0.6) is 0 Å². The molecule has 4 rings (SSSR count). The van der Waals surface area contributed by atoms with E-state index in [1.54, 1.807) is 18.3 Å². The summed E-state index contributed by atoms with van der Waals surface area (Å²) in [5.41, 5.74) is 2.54. The summed E-state index contributed by atoms with van der Waals surface area (Å²) in [6.45, 7) is 3.90. The monoisotopic (exact) mass is 350 g/mol. The third kappa shape index (κ3) is 2.99. The fourth-order valence-corrected chi connectivity index (χ4v) is 2.83. The average molecular weight is 350 g/mol. The number of halogens is 1. The van der Waals surface area contributed by atoms with Gasteiger partial charge in [0.25, 0.3) is 5.56 Å². The Labute approximate surface area is 147 Å². The van der Waals surface area contributed by atoms with E-state index in [9.17, 15) is 9.18 Å². The summed E-state index contributed by atoms with van der Waals surface area (Å²) in [4.78, 5) is 20.4. The summed E-state index contributed by atoms with van der Waals surface area (Å²) in [5.74, 6) is 0.291. The molecule has 26 heavy (non-hydrogen) atoms. The fraction of sp³-hybridized carbons (Fsp3) is 0.158. The zero-order valence-electron chi connectivity index (χ0n) is 14.2. The van der Waals surface area contributed by atoms with E-state index in [2.05, 4.69) is 15.1 Å². The number of rotatable bonds is 3. The van der Waals surface area contributed by atoms with Gasteiger partial charge in [-0.3, -0.25) is 9.78 Å². The average Bonchev–Trinajstić information content (AvgIpc) is 3.06. The SMILES string of the molecule is Cc1cc(F)c2ncc(-c3noc(Cn4cc(C)ccc4=O)n3)cc2c1. The molecule has 0 aliphatic heterocycles. The Hall–Kier alpha value is -3.35. The molecule has 0 bridgehead atoms. The second-order valence-electron chi connectivity index (χ2n) is 6.23. The number of hydrogen-bond donors (Lipinski definition) is 0. The van der Waals surface area contributed by atoms with E-state index >= 15 is 0 Å². The van der Waals surface area contributed by atoms with Gasteiger partial charge < -0.3 is 9.09 Å². The molecule has 0 saturated heterocycles. The molecule has 1 aromatic carbocycles. The molecule has 0 N–H and O–H groups in total. The van der Waals surface area contributed by atoms with Crippen molar-refractivity contribution >= 4 is 10.9 Å². The predicted molar refractivity (Wildman–Crippen MR) is 94.3 cm³/mol. The first-order valence-electron chi connectivity index (χ1n) is 8.05. The molecule has 4 aromatic rings. The van der Waals surface area contributed by atoms with Crippen LogP contribution in [0.15, 0.2) is 52.0 Å². The van der Waals surface area contributed by atoms with Crippen LogP contribution in [0.3, 0.4) is 0 Å². The summed E-state index contributed by atoms with van der Waals surface area (Å²) in [6.07, 6.45) is 3.24. The van der Waals surface area contributed by atoms with Crippen molar-refractivity contribution in [3.8, 4) is 11.4 Å². The number of aromatic nitrogens is 4. The maximum absolute atomic E-state index is 14.0. The van der Waals surface area contributed by atoms with E-state index in [0.29, 0.717) is 28.2 Å². The quantitative estimate of drug-likeness (QED) is 0.567. The largest absolute Gasteiger partial charge is 0.337 e. The Morgan fingerprint density at radius 1 is 1.15 bits per heavy atom. The van der Waals surface area contributed by atoms with Crippen LogP contribution in [-0.4, -0.2) is 19.7 Å². The van der Waals surface area contributed by atoms with Gasteiger partial charge in [-0.15, -0.1) is 0 Å². The standard InChI is InChI=1S/C19H15FN4O2/c1-11-3-4-17(25)24(9-11)10-16-22-19(23-26-16)14-7-13-5-12(2)6-15(20)18(13)21-8-14/h3-9H,10H2,1-2H3. The highest BCUT2D eigenvalue weighted by Gasteiger charge is 2.12. The molecule has 7 heteroatoms. The minimum absolute atomic E-state index is 0.145. The lowest BCUT2D eigenvalue weighted by molar-refractivity contribution is 0.370. The Bertz CT molecular complexity index is 1180. The second kappa shape index (κ2) is 6.18. The lowest BCUT2D eigenvalue weighted by atomic mass is 10.1. The number of benzene rings is 1. The van der Waals surface area contributed by atoms with Crippen LogP contribution in [0, 0.1) is 19.7 Å². The summed E-state index contributed by atoms with van der Waals surface area (Å²) in [5, 5.41) is 4.62. The van der Waals surface area contributed by atoms with E-state index in [1.165, 1.54) is 22.9 Å². The first-order chi connectivity index (χ1) is 12.5. The zero-order valence-corrected chi connectivity index (χ0v) is 14.2. The van der Waals surface area contributed by atoms with Gasteiger partial charge in [0.2, 0.25) is 11.7 Å². The van der Waals surface area contributed by atoms with Gasteiger partial charge in [-0.25, -0.2) is 4.39 Å². The molecule has 3 heterocycles. The van der Waals surface area contributed by atoms with E-state index in [0.717, 1.165) is 11.1 Å². The lowest BCUT2D eigenvalue weighted by Gasteiger charge is -2.03.